The van der Waals surface area contributed by atoms with Gasteiger partial charge in [-0.2, -0.15) is 0 Å². The number of carbonyl (C=O) groups excluding carboxylic acids is 1. The molecule has 0 heterocycles. The highest BCUT2D eigenvalue weighted by molar-refractivity contribution is 5.69. The van der Waals surface area contributed by atoms with Crippen molar-refractivity contribution in [3.63, 3.8) is 0 Å². The Labute approximate surface area is 220 Å². The lowest BCUT2D eigenvalue weighted by atomic mass is 9.53. The second-order valence-corrected chi connectivity index (χ2v) is 12.1. The van der Waals surface area contributed by atoms with Crippen molar-refractivity contribution in [3.8, 4) is 0 Å². The highest BCUT2D eigenvalue weighted by Crippen LogP contribution is 2.57. The van der Waals surface area contributed by atoms with E-state index in [1.807, 2.05) is 6.92 Å². The molecule has 1 N–H and O–H groups in total. The molecule has 1 saturated carbocycles. The summed E-state index contributed by atoms with van der Waals surface area (Å²) in [6.45, 7) is 26.4. The molecule has 0 aromatic heterocycles. The molecule has 0 aromatic carbocycles. The molecule has 0 amide bonds. The summed E-state index contributed by atoms with van der Waals surface area (Å²) in [5.41, 5.74) is 4.72. The Morgan fingerprint density at radius 1 is 1.03 bits per heavy atom. The molecular formula is C32H50O4. The van der Waals surface area contributed by atoms with Crippen LogP contribution in [0.1, 0.15) is 99.3 Å². The Bertz CT molecular complexity index is 896. The first kappa shape index (κ1) is 30.1. The minimum Gasteiger partial charge on any atom is -0.481 e. The van der Waals surface area contributed by atoms with Crippen LogP contribution in [0.15, 0.2) is 48.1 Å². The number of carbonyl (C=O) groups is 2. The number of carboxylic acids is 1. The van der Waals surface area contributed by atoms with Crippen molar-refractivity contribution in [1.82, 2.24) is 0 Å². The molecule has 6 unspecified atom stereocenters. The van der Waals surface area contributed by atoms with Crippen molar-refractivity contribution in [2.24, 2.45) is 34.5 Å². The fourth-order valence-corrected chi connectivity index (χ4v) is 7.70. The van der Waals surface area contributed by atoms with Gasteiger partial charge in [-0.25, -0.2) is 0 Å². The summed E-state index contributed by atoms with van der Waals surface area (Å²) in [6.07, 6.45) is 9.24. The molecular weight excluding hydrogens is 448 g/mol. The molecule has 0 aliphatic heterocycles. The second kappa shape index (κ2) is 12.4. The van der Waals surface area contributed by atoms with E-state index >= 15 is 0 Å². The highest BCUT2D eigenvalue weighted by Gasteiger charge is 2.48. The monoisotopic (exact) mass is 498 g/mol. The van der Waals surface area contributed by atoms with Crippen molar-refractivity contribution in [3.05, 3.63) is 48.1 Å². The van der Waals surface area contributed by atoms with Gasteiger partial charge < -0.3 is 9.84 Å². The molecule has 36 heavy (non-hydrogen) atoms. The van der Waals surface area contributed by atoms with E-state index in [4.69, 9.17) is 4.74 Å². The van der Waals surface area contributed by atoms with Crippen molar-refractivity contribution in [1.29, 1.82) is 0 Å². The van der Waals surface area contributed by atoms with Gasteiger partial charge in [-0.15, -0.1) is 0 Å². The third-order valence-corrected chi connectivity index (χ3v) is 9.64. The fourth-order valence-electron chi connectivity index (χ4n) is 7.70. The molecule has 202 valence electrons. The number of hydrogen-bond donors (Lipinski definition) is 1. The maximum absolute atomic E-state index is 12.3. The van der Waals surface area contributed by atoms with E-state index in [-0.39, 0.29) is 35.1 Å². The maximum Gasteiger partial charge on any atom is 0.305 e. The van der Waals surface area contributed by atoms with Crippen molar-refractivity contribution >= 4 is 11.9 Å². The summed E-state index contributed by atoms with van der Waals surface area (Å²) < 4.78 is 5.27. The van der Waals surface area contributed by atoms with Gasteiger partial charge in [-0.3, -0.25) is 9.59 Å². The lowest BCUT2D eigenvalue weighted by molar-refractivity contribution is -0.144. The van der Waals surface area contributed by atoms with Crippen LogP contribution >= 0.6 is 0 Å². The van der Waals surface area contributed by atoms with Gasteiger partial charge >= 0.3 is 11.9 Å². The third-order valence-electron chi connectivity index (χ3n) is 9.64. The molecule has 0 spiro atoms. The quantitative estimate of drug-likeness (QED) is 0.217. The summed E-state index contributed by atoms with van der Waals surface area (Å²) in [5, 5.41) is 9.50. The van der Waals surface area contributed by atoms with E-state index < -0.39 is 5.97 Å². The molecule has 0 saturated heterocycles. The van der Waals surface area contributed by atoms with E-state index in [0.717, 1.165) is 44.1 Å². The van der Waals surface area contributed by atoms with Gasteiger partial charge in [0.2, 0.25) is 0 Å². The van der Waals surface area contributed by atoms with Gasteiger partial charge in [0.15, 0.2) is 0 Å². The molecule has 2 aliphatic carbocycles. The normalized spacial score (nSPS) is 32.5. The summed E-state index contributed by atoms with van der Waals surface area (Å²) in [4.78, 5) is 23.9. The van der Waals surface area contributed by atoms with Gasteiger partial charge in [-0.1, -0.05) is 62.0 Å². The van der Waals surface area contributed by atoms with Crippen LogP contribution in [0, 0.1) is 34.5 Å². The molecule has 0 radical (unpaired) electrons. The van der Waals surface area contributed by atoms with Gasteiger partial charge in [0.1, 0.15) is 0 Å². The molecule has 2 rings (SSSR count). The van der Waals surface area contributed by atoms with Crippen molar-refractivity contribution in [2.45, 2.75) is 99.3 Å². The Hall–Kier alpha value is -2.10. The molecule has 4 nitrogen and oxygen atoms in total. The van der Waals surface area contributed by atoms with Crippen LogP contribution in [-0.4, -0.2) is 23.7 Å². The number of allylic oxidation sites excluding steroid dienone is 5. The lowest BCUT2D eigenvalue weighted by Crippen LogP contribution is -2.43. The average Bonchev–Trinajstić information content (AvgIpc) is 2.77. The molecule has 4 heteroatoms. The average molecular weight is 499 g/mol. The zero-order valence-corrected chi connectivity index (χ0v) is 23.8. The second-order valence-electron chi connectivity index (χ2n) is 12.1. The predicted molar refractivity (Wildman–Crippen MR) is 149 cm³/mol. The Balaban J connectivity index is 2.37. The van der Waals surface area contributed by atoms with E-state index in [0.29, 0.717) is 31.3 Å². The number of esters is 1. The van der Waals surface area contributed by atoms with E-state index in [2.05, 4.69) is 60.4 Å². The number of hydrogen-bond acceptors (Lipinski definition) is 3. The maximum atomic E-state index is 12.3. The summed E-state index contributed by atoms with van der Waals surface area (Å²) >= 11 is 0. The van der Waals surface area contributed by atoms with Crippen LogP contribution in [0.3, 0.4) is 0 Å². The Morgan fingerprint density at radius 2 is 1.58 bits per heavy atom. The van der Waals surface area contributed by atoms with Crippen LogP contribution in [-0.2, 0) is 14.3 Å². The number of ether oxygens (including phenoxy) is 1. The van der Waals surface area contributed by atoms with Crippen LogP contribution in [0.25, 0.3) is 0 Å². The largest absolute Gasteiger partial charge is 0.481 e. The van der Waals surface area contributed by atoms with Gasteiger partial charge in [-0.05, 0) is 107 Å². The molecule has 0 bridgehead atoms. The predicted octanol–water partition coefficient (Wildman–Crippen LogP) is 8.30. The van der Waals surface area contributed by atoms with E-state index in [9.17, 15) is 14.7 Å². The van der Waals surface area contributed by atoms with Gasteiger partial charge in [0, 0.05) is 12.8 Å². The lowest BCUT2D eigenvalue weighted by Gasteiger charge is -2.52. The molecule has 6 atom stereocenters. The first-order valence-corrected chi connectivity index (χ1v) is 13.8. The topological polar surface area (TPSA) is 63.6 Å². The number of aliphatic carboxylic acids is 1. The van der Waals surface area contributed by atoms with Crippen molar-refractivity contribution < 1.29 is 19.4 Å². The van der Waals surface area contributed by atoms with Crippen LogP contribution in [0.4, 0.5) is 0 Å². The molecule has 1 fully saturated rings. The van der Waals surface area contributed by atoms with E-state index in [1.54, 1.807) is 0 Å². The zero-order valence-electron chi connectivity index (χ0n) is 23.8. The van der Waals surface area contributed by atoms with Crippen LogP contribution in [0.5, 0.6) is 0 Å². The summed E-state index contributed by atoms with van der Waals surface area (Å²) in [5.74, 6) is 0.319. The van der Waals surface area contributed by atoms with Crippen LogP contribution in [0.2, 0.25) is 0 Å². The Morgan fingerprint density at radius 3 is 2.14 bits per heavy atom. The first-order valence-electron chi connectivity index (χ1n) is 13.8. The minimum atomic E-state index is -0.737. The minimum absolute atomic E-state index is 0.106. The smallest absolute Gasteiger partial charge is 0.305 e. The molecule has 2 aliphatic rings. The summed E-state index contributed by atoms with van der Waals surface area (Å²) in [6, 6.07) is 0. The van der Waals surface area contributed by atoms with Crippen LogP contribution < -0.4 is 0 Å². The van der Waals surface area contributed by atoms with Crippen molar-refractivity contribution in [2.75, 3.05) is 6.61 Å². The molecule has 0 aromatic rings. The number of rotatable bonds is 12. The van der Waals surface area contributed by atoms with Gasteiger partial charge in [0.05, 0.1) is 6.61 Å². The third kappa shape index (κ3) is 6.61. The van der Waals surface area contributed by atoms with E-state index in [1.165, 1.54) is 16.7 Å². The summed E-state index contributed by atoms with van der Waals surface area (Å²) in [7, 11) is 0. The number of carboxylic acid groups (broad SMARTS) is 1. The van der Waals surface area contributed by atoms with Gasteiger partial charge in [0.25, 0.3) is 0 Å². The fraction of sp³-hybridized carbons (Fsp3) is 0.688. The first-order chi connectivity index (χ1) is 16.8. The zero-order chi connectivity index (χ0) is 27.3. The Kier molecular flexibility index (Phi) is 10.4. The highest BCUT2D eigenvalue weighted by atomic mass is 16.5. The standard InChI is InChI=1S/C32H50O4/c1-10-36-30(35)18-20-32(9)26(22(4)5)14-12-24(7)28(32)16-15-27-23(6)11-13-25(21(2)3)31(27,8)19-17-29(33)34/h11,25-28H,2,4,7,10,12-20H2,1,3,5-6,8-9H3,(H,33,34). The SMILES string of the molecule is C=C(C)C1CCC(=C)C(CCC2C(C)=CCC(C(=C)C)C2(C)CCC(=O)O)C1(C)CCC(=O)OCC.